The maximum absolute atomic E-state index is 5.80. The molecular formula is C12H12N2O. The molecule has 3 heteroatoms. The Labute approximate surface area is 87.9 Å². The van der Waals surface area contributed by atoms with Crippen molar-refractivity contribution in [2.45, 2.75) is 18.8 Å². The van der Waals surface area contributed by atoms with Gasteiger partial charge in [0.25, 0.3) is 0 Å². The van der Waals surface area contributed by atoms with Crippen LogP contribution in [0.25, 0.3) is 0 Å². The first-order valence-electron chi connectivity index (χ1n) is 5.11. The second kappa shape index (κ2) is 3.12. The second-order valence-electron chi connectivity index (χ2n) is 4.02. The molecule has 1 aromatic carbocycles. The summed E-state index contributed by atoms with van der Waals surface area (Å²) in [6.45, 7) is 0. The summed E-state index contributed by atoms with van der Waals surface area (Å²) in [5.74, 6) is 1.20. The highest BCUT2D eigenvalue weighted by atomic mass is 16.5. The van der Waals surface area contributed by atoms with Crippen LogP contribution in [-0.2, 0) is 12.8 Å². The van der Waals surface area contributed by atoms with Gasteiger partial charge in [0.15, 0.2) is 5.76 Å². The van der Waals surface area contributed by atoms with Gasteiger partial charge in [-0.25, -0.2) is 0 Å². The minimum atomic E-state index is 0.366. The van der Waals surface area contributed by atoms with Crippen LogP contribution < -0.4 is 5.73 Å². The highest BCUT2D eigenvalue weighted by molar-refractivity contribution is 5.44. The van der Waals surface area contributed by atoms with E-state index in [9.17, 15) is 0 Å². The highest BCUT2D eigenvalue weighted by Gasteiger charge is 2.26. The molecule has 0 radical (unpaired) electrons. The molecule has 1 aliphatic rings. The Bertz CT molecular complexity index is 465. The van der Waals surface area contributed by atoms with Crippen LogP contribution >= 0.6 is 0 Å². The van der Waals surface area contributed by atoms with Gasteiger partial charge in [-0.1, -0.05) is 29.4 Å². The smallest absolute Gasteiger partial charge is 0.163 e. The van der Waals surface area contributed by atoms with Crippen molar-refractivity contribution in [1.82, 2.24) is 5.16 Å². The lowest BCUT2D eigenvalue weighted by molar-refractivity contribution is 0.363. The molecule has 76 valence electrons. The van der Waals surface area contributed by atoms with Crippen molar-refractivity contribution in [3.8, 4) is 0 Å². The number of nitrogen functional groups attached to an aromatic ring is 1. The Morgan fingerprint density at radius 2 is 1.87 bits per heavy atom. The molecule has 1 aromatic heterocycles. The zero-order chi connectivity index (χ0) is 10.3. The summed E-state index contributed by atoms with van der Waals surface area (Å²) < 4.78 is 5.20. The Kier molecular flexibility index (Phi) is 1.78. The maximum atomic E-state index is 5.80. The van der Waals surface area contributed by atoms with Crippen molar-refractivity contribution in [3.05, 3.63) is 47.3 Å². The maximum Gasteiger partial charge on any atom is 0.163 e. The van der Waals surface area contributed by atoms with Gasteiger partial charge in [-0.2, -0.15) is 0 Å². The molecule has 15 heavy (non-hydrogen) atoms. The number of fused-ring (bicyclic) bond motifs is 1. The number of nitrogens with two attached hydrogens (primary N) is 1. The summed E-state index contributed by atoms with van der Waals surface area (Å²) in [4.78, 5) is 0. The molecule has 3 rings (SSSR count). The number of rotatable bonds is 1. The fourth-order valence-electron chi connectivity index (χ4n) is 2.31. The number of hydrogen-bond acceptors (Lipinski definition) is 3. The molecule has 0 spiro atoms. The van der Waals surface area contributed by atoms with Crippen LogP contribution in [0.3, 0.4) is 0 Å². The van der Waals surface area contributed by atoms with E-state index < -0.39 is 0 Å². The molecule has 1 aliphatic carbocycles. The van der Waals surface area contributed by atoms with Gasteiger partial charge in [0.05, 0.1) is 11.9 Å². The Balaban J connectivity index is 1.94. The van der Waals surface area contributed by atoms with Crippen LogP contribution in [0.2, 0.25) is 0 Å². The van der Waals surface area contributed by atoms with Crippen LogP contribution in [0.4, 0.5) is 5.69 Å². The van der Waals surface area contributed by atoms with Gasteiger partial charge in [0.2, 0.25) is 0 Å². The van der Waals surface area contributed by atoms with Crippen LogP contribution in [0.5, 0.6) is 0 Å². The fourth-order valence-corrected chi connectivity index (χ4v) is 2.31. The van der Waals surface area contributed by atoms with Gasteiger partial charge in [-0.3, -0.25) is 0 Å². The lowest BCUT2D eigenvalue weighted by atomic mass is 10.0. The first-order valence-corrected chi connectivity index (χ1v) is 5.11. The van der Waals surface area contributed by atoms with Crippen LogP contribution in [-0.4, -0.2) is 5.16 Å². The van der Waals surface area contributed by atoms with Crippen LogP contribution in [0, 0.1) is 0 Å². The summed E-state index contributed by atoms with van der Waals surface area (Å²) in [5, 5.41) is 3.73. The highest BCUT2D eigenvalue weighted by Crippen LogP contribution is 2.35. The van der Waals surface area contributed by atoms with Gasteiger partial charge in [0, 0.05) is 5.92 Å². The standard InChI is InChI=1S/C12H12N2O/c13-11-7-14-15-12(11)10-5-8-3-1-2-4-9(8)6-10/h1-4,7,10H,5-6,13H2. The van der Waals surface area contributed by atoms with E-state index >= 15 is 0 Å². The molecule has 0 saturated carbocycles. The number of hydrogen-bond donors (Lipinski definition) is 1. The Morgan fingerprint density at radius 3 is 2.40 bits per heavy atom. The van der Waals surface area contributed by atoms with Crippen molar-refractivity contribution >= 4 is 5.69 Å². The summed E-state index contributed by atoms with van der Waals surface area (Å²) in [5.41, 5.74) is 9.28. The summed E-state index contributed by atoms with van der Waals surface area (Å²) in [6.07, 6.45) is 3.60. The van der Waals surface area contributed by atoms with E-state index in [1.54, 1.807) is 6.20 Å². The van der Waals surface area contributed by atoms with Crippen LogP contribution in [0.15, 0.2) is 35.0 Å². The van der Waals surface area contributed by atoms with Crippen molar-refractivity contribution in [2.24, 2.45) is 0 Å². The average Bonchev–Trinajstić information content (AvgIpc) is 2.82. The molecule has 0 atom stereocenters. The first-order chi connectivity index (χ1) is 7.34. The molecule has 0 aliphatic heterocycles. The normalized spacial score (nSPS) is 15.5. The number of aromatic nitrogens is 1. The van der Waals surface area contributed by atoms with Crippen molar-refractivity contribution in [3.63, 3.8) is 0 Å². The monoisotopic (exact) mass is 200 g/mol. The molecule has 2 N–H and O–H groups in total. The van der Waals surface area contributed by atoms with Gasteiger partial charge in [0.1, 0.15) is 0 Å². The Morgan fingerprint density at radius 1 is 1.20 bits per heavy atom. The predicted molar refractivity (Wildman–Crippen MR) is 57.5 cm³/mol. The third-order valence-corrected chi connectivity index (χ3v) is 3.05. The molecule has 0 saturated heterocycles. The molecule has 3 nitrogen and oxygen atoms in total. The quantitative estimate of drug-likeness (QED) is 0.767. The first kappa shape index (κ1) is 8.53. The van der Waals surface area contributed by atoms with Gasteiger partial charge < -0.3 is 10.3 Å². The van der Waals surface area contributed by atoms with E-state index in [1.165, 1.54) is 11.1 Å². The van der Waals surface area contributed by atoms with Gasteiger partial charge in [-0.05, 0) is 24.0 Å². The topological polar surface area (TPSA) is 52.0 Å². The number of nitrogens with zero attached hydrogens (tertiary/aromatic N) is 1. The largest absolute Gasteiger partial charge is 0.395 e. The van der Waals surface area contributed by atoms with Gasteiger partial charge >= 0.3 is 0 Å². The lowest BCUT2D eigenvalue weighted by Gasteiger charge is -2.03. The molecule has 0 amide bonds. The van der Waals surface area contributed by atoms with E-state index in [-0.39, 0.29) is 0 Å². The van der Waals surface area contributed by atoms with Crippen molar-refractivity contribution < 1.29 is 4.52 Å². The number of anilines is 1. The molecule has 2 aromatic rings. The summed E-state index contributed by atoms with van der Waals surface area (Å²) >= 11 is 0. The fraction of sp³-hybridized carbons (Fsp3) is 0.250. The SMILES string of the molecule is Nc1cnoc1C1Cc2ccccc2C1. The van der Waals surface area contributed by atoms with E-state index in [0.29, 0.717) is 11.6 Å². The number of benzene rings is 1. The van der Waals surface area contributed by atoms with E-state index in [0.717, 1.165) is 18.6 Å². The van der Waals surface area contributed by atoms with Crippen LogP contribution in [0.1, 0.15) is 22.8 Å². The van der Waals surface area contributed by atoms with E-state index in [2.05, 4.69) is 29.4 Å². The Hall–Kier alpha value is -1.77. The van der Waals surface area contributed by atoms with Crippen molar-refractivity contribution in [2.75, 3.05) is 5.73 Å². The third-order valence-electron chi connectivity index (χ3n) is 3.05. The minimum Gasteiger partial charge on any atom is -0.395 e. The zero-order valence-corrected chi connectivity index (χ0v) is 8.31. The summed E-state index contributed by atoms with van der Waals surface area (Å²) in [7, 11) is 0. The van der Waals surface area contributed by atoms with Gasteiger partial charge in [-0.15, -0.1) is 0 Å². The molecule has 0 unspecified atom stereocenters. The second-order valence-corrected chi connectivity index (χ2v) is 4.02. The molecule has 1 heterocycles. The van der Waals surface area contributed by atoms with E-state index in [4.69, 9.17) is 10.3 Å². The predicted octanol–water partition coefficient (Wildman–Crippen LogP) is 2.14. The lowest BCUT2D eigenvalue weighted by Crippen LogP contribution is -1.99. The molecule has 0 bridgehead atoms. The van der Waals surface area contributed by atoms with E-state index in [1.807, 2.05) is 0 Å². The summed E-state index contributed by atoms with van der Waals surface area (Å²) in [6, 6.07) is 8.49. The van der Waals surface area contributed by atoms with Crippen molar-refractivity contribution in [1.29, 1.82) is 0 Å². The minimum absolute atomic E-state index is 0.366. The zero-order valence-electron chi connectivity index (χ0n) is 8.31. The molecular weight excluding hydrogens is 188 g/mol. The average molecular weight is 200 g/mol. The third kappa shape index (κ3) is 1.31. The molecule has 0 fully saturated rings.